The maximum absolute atomic E-state index is 14.0. The summed E-state index contributed by atoms with van der Waals surface area (Å²) in [6.45, 7) is 6.98. The Bertz CT molecular complexity index is 1470. The maximum Gasteiger partial charge on any atom is 0.261 e. The highest BCUT2D eigenvalue weighted by Crippen LogP contribution is 2.38. The van der Waals surface area contributed by atoms with E-state index in [1.54, 1.807) is 0 Å². The minimum atomic E-state index is -2.78. The lowest BCUT2D eigenvalue weighted by molar-refractivity contribution is -0.122. The molecule has 5 heteroatoms. The number of hydrogen-bond donors (Lipinski definition) is 2. The Morgan fingerprint density at radius 2 is 0.977 bits per heavy atom. The zero-order valence-electron chi connectivity index (χ0n) is 25.8. The minimum absolute atomic E-state index is 0.118. The summed E-state index contributed by atoms with van der Waals surface area (Å²) in [4.78, 5) is 14.0. The highest BCUT2D eigenvalue weighted by molar-refractivity contribution is 6.99. The SMILES string of the molecule is CC(C)(C)[Si](OC[C@@H](N)CC(=O)NC(c1ccccc1)(c1ccccc1)c1ccccc1)(c1ccccc1)c1ccccc1. The molecule has 5 aromatic carbocycles. The molecule has 0 aliphatic rings. The topological polar surface area (TPSA) is 64.3 Å². The number of rotatable bonds is 11. The van der Waals surface area contributed by atoms with Crippen molar-refractivity contribution in [2.75, 3.05) is 6.61 Å². The van der Waals surface area contributed by atoms with Crippen LogP contribution in [0.1, 0.15) is 43.9 Å². The van der Waals surface area contributed by atoms with E-state index in [9.17, 15) is 4.79 Å². The van der Waals surface area contributed by atoms with Gasteiger partial charge in [0.15, 0.2) is 0 Å². The van der Waals surface area contributed by atoms with Gasteiger partial charge in [-0.05, 0) is 32.1 Å². The molecule has 0 saturated heterocycles. The van der Waals surface area contributed by atoms with Crippen LogP contribution < -0.4 is 21.4 Å². The fourth-order valence-electron chi connectivity index (χ4n) is 6.33. The Labute approximate surface area is 263 Å². The highest BCUT2D eigenvalue weighted by atomic mass is 28.4. The van der Waals surface area contributed by atoms with E-state index < -0.39 is 19.9 Å². The Kier molecular flexibility index (Phi) is 9.60. The van der Waals surface area contributed by atoms with Crippen molar-refractivity contribution in [2.24, 2.45) is 5.73 Å². The van der Waals surface area contributed by atoms with Gasteiger partial charge >= 0.3 is 0 Å². The van der Waals surface area contributed by atoms with Gasteiger partial charge in [0, 0.05) is 12.5 Å². The molecule has 5 aromatic rings. The molecular formula is C39H42N2O2Si. The van der Waals surface area contributed by atoms with Crippen LogP contribution >= 0.6 is 0 Å². The molecule has 0 heterocycles. The van der Waals surface area contributed by atoms with Crippen LogP contribution in [0.5, 0.6) is 0 Å². The molecule has 0 fully saturated rings. The van der Waals surface area contributed by atoms with Crippen molar-refractivity contribution < 1.29 is 9.22 Å². The summed E-state index contributed by atoms with van der Waals surface area (Å²) in [6.07, 6.45) is 0.118. The van der Waals surface area contributed by atoms with E-state index in [1.807, 2.05) is 66.7 Å². The normalized spacial score (nSPS) is 12.8. The van der Waals surface area contributed by atoms with Gasteiger partial charge in [-0.1, -0.05) is 172 Å². The number of hydrogen-bond acceptors (Lipinski definition) is 3. The van der Waals surface area contributed by atoms with Crippen LogP contribution in [0.2, 0.25) is 5.04 Å². The van der Waals surface area contributed by atoms with E-state index in [4.69, 9.17) is 10.2 Å². The third-order valence-corrected chi connectivity index (χ3v) is 13.3. The van der Waals surface area contributed by atoms with Crippen LogP contribution in [-0.4, -0.2) is 26.9 Å². The molecule has 224 valence electrons. The van der Waals surface area contributed by atoms with Crippen LogP contribution in [0, 0.1) is 0 Å². The van der Waals surface area contributed by atoms with Crippen molar-refractivity contribution in [1.82, 2.24) is 5.32 Å². The van der Waals surface area contributed by atoms with Crippen molar-refractivity contribution in [2.45, 2.75) is 43.8 Å². The molecule has 0 spiro atoms. The average Bonchev–Trinajstić information content (AvgIpc) is 3.05. The van der Waals surface area contributed by atoms with E-state index >= 15 is 0 Å². The van der Waals surface area contributed by atoms with Gasteiger partial charge < -0.3 is 15.5 Å². The number of amides is 1. The van der Waals surface area contributed by atoms with E-state index in [-0.39, 0.29) is 24.0 Å². The number of carbonyl (C=O) groups is 1. The molecule has 0 radical (unpaired) electrons. The van der Waals surface area contributed by atoms with Crippen molar-refractivity contribution >= 4 is 24.6 Å². The zero-order valence-corrected chi connectivity index (χ0v) is 26.8. The van der Waals surface area contributed by atoms with Gasteiger partial charge in [0.1, 0.15) is 5.54 Å². The Morgan fingerprint density at radius 3 is 1.32 bits per heavy atom. The second-order valence-corrected chi connectivity index (χ2v) is 16.6. The Morgan fingerprint density at radius 1 is 0.636 bits per heavy atom. The number of benzene rings is 5. The van der Waals surface area contributed by atoms with Crippen molar-refractivity contribution in [3.8, 4) is 0 Å². The average molecular weight is 599 g/mol. The highest BCUT2D eigenvalue weighted by Gasteiger charge is 2.50. The van der Waals surface area contributed by atoms with Gasteiger partial charge in [0.25, 0.3) is 8.32 Å². The summed E-state index contributed by atoms with van der Waals surface area (Å²) in [5.74, 6) is -0.139. The summed E-state index contributed by atoms with van der Waals surface area (Å²) in [5.41, 5.74) is 8.79. The van der Waals surface area contributed by atoms with Crippen LogP contribution in [0.25, 0.3) is 0 Å². The lowest BCUT2D eigenvalue weighted by Crippen LogP contribution is -2.67. The third kappa shape index (κ3) is 6.31. The molecule has 4 nitrogen and oxygen atoms in total. The maximum atomic E-state index is 14.0. The smallest absolute Gasteiger partial charge is 0.261 e. The largest absolute Gasteiger partial charge is 0.406 e. The second kappa shape index (κ2) is 13.6. The fourth-order valence-corrected chi connectivity index (χ4v) is 11.0. The van der Waals surface area contributed by atoms with Crippen LogP contribution in [0.4, 0.5) is 0 Å². The van der Waals surface area contributed by atoms with E-state index in [0.29, 0.717) is 0 Å². The molecule has 0 unspecified atom stereocenters. The lowest BCUT2D eigenvalue weighted by Gasteiger charge is -2.43. The standard InChI is InChI=1S/C39H42N2O2Si/c1-38(2,3)44(35-25-15-7-16-26-35,36-27-17-8-18-28-36)43-30-34(40)29-37(42)41-39(31-19-9-4-10-20-31,32-21-11-5-12-22-32)33-23-13-6-14-24-33/h4-28,34H,29-30,40H2,1-3H3,(H,41,42)/t34-/m0/s1. The number of nitrogens with two attached hydrogens (primary N) is 1. The fraction of sp³-hybridized carbons (Fsp3) is 0.205. The molecule has 0 aliphatic carbocycles. The molecule has 5 rings (SSSR count). The molecule has 0 bridgehead atoms. The summed E-state index contributed by atoms with van der Waals surface area (Å²) < 4.78 is 7.05. The van der Waals surface area contributed by atoms with Gasteiger partial charge in [0.05, 0.1) is 6.61 Å². The summed E-state index contributed by atoms with van der Waals surface area (Å²) in [7, 11) is -2.78. The van der Waals surface area contributed by atoms with Gasteiger partial charge in [-0.2, -0.15) is 0 Å². The number of carbonyl (C=O) groups excluding carboxylic acids is 1. The quantitative estimate of drug-likeness (QED) is 0.137. The van der Waals surface area contributed by atoms with Crippen LogP contribution in [-0.2, 0) is 14.8 Å². The Hall–Kier alpha value is -4.29. The molecule has 0 aliphatic heterocycles. The van der Waals surface area contributed by atoms with E-state index in [2.05, 4.69) is 111 Å². The lowest BCUT2D eigenvalue weighted by atomic mass is 9.77. The van der Waals surface area contributed by atoms with Crippen molar-refractivity contribution in [3.05, 3.63) is 168 Å². The molecule has 0 aromatic heterocycles. The van der Waals surface area contributed by atoms with Gasteiger partial charge in [-0.3, -0.25) is 4.79 Å². The predicted molar refractivity (Wildman–Crippen MR) is 184 cm³/mol. The summed E-state index contributed by atoms with van der Waals surface area (Å²) >= 11 is 0. The summed E-state index contributed by atoms with van der Waals surface area (Å²) in [6, 6.07) is 50.9. The molecule has 0 saturated carbocycles. The monoisotopic (exact) mass is 598 g/mol. The first-order valence-electron chi connectivity index (χ1n) is 15.3. The molecule has 3 N–H and O–H groups in total. The molecular weight excluding hydrogens is 557 g/mol. The minimum Gasteiger partial charge on any atom is -0.406 e. The van der Waals surface area contributed by atoms with E-state index in [0.717, 1.165) is 16.7 Å². The van der Waals surface area contributed by atoms with Gasteiger partial charge in [-0.15, -0.1) is 0 Å². The predicted octanol–water partition coefficient (Wildman–Crippen LogP) is 6.39. The first-order valence-corrected chi connectivity index (χ1v) is 17.2. The van der Waals surface area contributed by atoms with Crippen molar-refractivity contribution in [1.29, 1.82) is 0 Å². The third-order valence-electron chi connectivity index (χ3n) is 8.33. The van der Waals surface area contributed by atoms with Gasteiger partial charge in [-0.25, -0.2) is 0 Å². The van der Waals surface area contributed by atoms with Crippen LogP contribution in [0.15, 0.2) is 152 Å². The molecule has 1 atom stereocenters. The second-order valence-electron chi connectivity index (χ2n) is 12.3. The van der Waals surface area contributed by atoms with E-state index in [1.165, 1.54) is 10.4 Å². The molecule has 44 heavy (non-hydrogen) atoms. The van der Waals surface area contributed by atoms with Crippen LogP contribution in [0.3, 0.4) is 0 Å². The summed E-state index contributed by atoms with van der Waals surface area (Å²) in [5, 5.41) is 5.63. The zero-order chi connectivity index (χ0) is 31.0. The molecule has 1 amide bonds. The van der Waals surface area contributed by atoms with Gasteiger partial charge in [0.2, 0.25) is 5.91 Å². The first-order chi connectivity index (χ1) is 21.3. The first kappa shape index (κ1) is 31.1. The Balaban J connectivity index is 1.45. The van der Waals surface area contributed by atoms with Crippen molar-refractivity contribution in [3.63, 3.8) is 0 Å². The number of nitrogens with one attached hydrogen (secondary N) is 1.